The highest BCUT2D eigenvalue weighted by Crippen LogP contribution is 2.42. The summed E-state index contributed by atoms with van der Waals surface area (Å²) in [6.07, 6.45) is 0.0977. The van der Waals surface area contributed by atoms with Crippen molar-refractivity contribution < 1.29 is 19.1 Å². The molecular weight excluding hydrogens is 514 g/mol. The third-order valence-electron chi connectivity index (χ3n) is 7.00. The van der Waals surface area contributed by atoms with Crippen molar-refractivity contribution in [3.05, 3.63) is 63.7 Å². The largest absolute Gasteiger partial charge is 0.444 e. The lowest BCUT2D eigenvalue weighted by atomic mass is 9.94. The Morgan fingerprint density at radius 3 is 2.21 bits per heavy atom. The molecule has 1 aliphatic rings. The number of nitrogens with one attached hydrogen (secondary N) is 2. The van der Waals surface area contributed by atoms with E-state index in [-0.39, 0.29) is 29.7 Å². The molecule has 4 atom stereocenters. The average Bonchev–Trinajstić information content (AvgIpc) is 3.52. The minimum atomic E-state index is -0.926. The van der Waals surface area contributed by atoms with Crippen LogP contribution in [-0.4, -0.2) is 40.5 Å². The molecule has 0 aromatic heterocycles. The highest BCUT2D eigenvalue weighted by atomic mass is 35.5. The van der Waals surface area contributed by atoms with Crippen molar-refractivity contribution in [2.45, 2.75) is 92.5 Å². The Balaban J connectivity index is 2.09. The van der Waals surface area contributed by atoms with Gasteiger partial charge < -0.3 is 20.3 Å². The summed E-state index contributed by atoms with van der Waals surface area (Å²) in [4.78, 5) is 42.9. The van der Waals surface area contributed by atoms with Gasteiger partial charge in [0, 0.05) is 6.04 Å². The maximum Gasteiger partial charge on any atom is 0.408 e. The van der Waals surface area contributed by atoms with Gasteiger partial charge in [0.05, 0.1) is 10.7 Å². The standard InChI is InChI=1S/C31H42ClN3O4/c1-17(2)25(34-30(38)39-31(7,8)9)29(37)35(24-16-21(24)6)27(22-14-13-18(3)15-20(22)5)28(36)33-26-19(4)11-10-12-23(26)32/h10-15,17,21,24-25,27H,16H2,1-9H3,(H,33,36)(H,34,38). The fourth-order valence-electron chi connectivity index (χ4n) is 4.81. The first kappa shape index (κ1) is 30.5. The van der Waals surface area contributed by atoms with Crippen LogP contribution in [0.4, 0.5) is 10.5 Å². The van der Waals surface area contributed by atoms with E-state index < -0.39 is 23.8 Å². The number of hydrogen-bond donors (Lipinski definition) is 2. The molecule has 0 spiro atoms. The van der Waals surface area contributed by atoms with Crippen molar-refractivity contribution in [3.8, 4) is 0 Å². The molecule has 8 heteroatoms. The summed E-state index contributed by atoms with van der Waals surface area (Å²) < 4.78 is 5.46. The van der Waals surface area contributed by atoms with E-state index in [1.54, 1.807) is 31.7 Å². The van der Waals surface area contributed by atoms with Crippen molar-refractivity contribution in [1.82, 2.24) is 10.2 Å². The fraction of sp³-hybridized carbons (Fsp3) is 0.516. The predicted octanol–water partition coefficient (Wildman–Crippen LogP) is 6.73. The van der Waals surface area contributed by atoms with Gasteiger partial charge >= 0.3 is 6.09 Å². The number of ether oxygens (including phenoxy) is 1. The Kier molecular flexibility index (Phi) is 9.37. The zero-order chi connectivity index (χ0) is 29.2. The Bertz CT molecular complexity index is 1220. The Morgan fingerprint density at radius 2 is 1.69 bits per heavy atom. The lowest BCUT2D eigenvalue weighted by molar-refractivity contribution is -0.142. The number of nitrogens with zero attached hydrogens (tertiary/aromatic N) is 1. The molecule has 39 heavy (non-hydrogen) atoms. The summed E-state index contributed by atoms with van der Waals surface area (Å²) in [6.45, 7) is 16.9. The van der Waals surface area contributed by atoms with E-state index >= 15 is 0 Å². The summed E-state index contributed by atoms with van der Waals surface area (Å²) in [5.74, 6) is -0.701. The molecule has 3 amide bonds. The van der Waals surface area contributed by atoms with Crippen LogP contribution in [0.3, 0.4) is 0 Å². The molecule has 4 unspecified atom stereocenters. The van der Waals surface area contributed by atoms with E-state index in [0.29, 0.717) is 10.7 Å². The van der Waals surface area contributed by atoms with Crippen molar-refractivity contribution in [3.63, 3.8) is 0 Å². The van der Waals surface area contributed by atoms with Crippen molar-refractivity contribution in [2.24, 2.45) is 11.8 Å². The first-order valence-electron chi connectivity index (χ1n) is 13.6. The van der Waals surface area contributed by atoms with Crippen LogP contribution >= 0.6 is 11.6 Å². The summed E-state index contributed by atoms with van der Waals surface area (Å²) in [5, 5.41) is 6.22. The van der Waals surface area contributed by atoms with Crippen LogP contribution in [0.5, 0.6) is 0 Å². The molecule has 0 heterocycles. The molecule has 2 aromatic carbocycles. The third kappa shape index (κ3) is 7.53. The van der Waals surface area contributed by atoms with Gasteiger partial charge in [-0.05, 0) is 82.6 Å². The second kappa shape index (κ2) is 12.0. The van der Waals surface area contributed by atoms with Crippen molar-refractivity contribution >= 4 is 35.2 Å². The van der Waals surface area contributed by atoms with Crippen LogP contribution in [0.15, 0.2) is 36.4 Å². The number of para-hydroxylation sites is 1. The van der Waals surface area contributed by atoms with E-state index in [4.69, 9.17) is 16.3 Å². The van der Waals surface area contributed by atoms with Gasteiger partial charge in [-0.2, -0.15) is 0 Å². The van der Waals surface area contributed by atoms with Gasteiger partial charge in [-0.25, -0.2) is 4.79 Å². The second-order valence-corrected chi connectivity index (χ2v) is 12.5. The Labute approximate surface area is 237 Å². The molecule has 2 N–H and O–H groups in total. The number of rotatable bonds is 8. The SMILES string of the molecule is Cc1ccc(C(C(=O)Nc2c(C)cccc2Cl)N(C(=O)C(NC(=O)OC(C)(C)C)C(C)C)C2CC2C)c(C)c1. The highest BCUT2D eigenvalue weighted by Gasteiger charge is 2.49. The molecule has 1 saturated carbocycles. The summed E-state index contributed by atoms with van der Waals surface area (Å²) in [6, 6.07) is 9.33. The van der Waals surface area contributed by atoms with Gasteiger partial charge in [0.1, 0.15) is 17.7 Å². The second-order valence-electron chi connectivity index (χ2n) is 12.1. The number of aryl methyl sites for hydroxylation is 3. The Hall–Kier alpha value is -3.06. The van der Waals surface area contributed by atoms with Crippen LogP contribution in [0, 0.1) is 32.6 Å². The van der Waals surface area contributed by atoms with E-state index in [0.717, 1.165) is 28.7 Å². The monoisotopic (exact) mass is 555 g/mol. The number of hydrogen-bond acceptors (Lipinski definition) is 4. The van der Waals surface area contributed by atoms with Crippen LogP contribution < -0.4 is 10.6 Å². The molecule has 0 aliphatic heterocycles. The summed E-state index contributed by atoms with van der Waals surface area (Å²) in [5.41, 5.74) is 3.31. The van der Waals surface area contributed by atoms with E-state index in [2.05, 4.69) is 17.6 Å². The number of alkyl carbamates (subject to hydrolysis) is 1. The smallest absolute Gasteiger partial charge is 0.408 e. The zero-order valence-corrected chi connectivity index (χ0v) is 25.3. The van der Waals surface area contributed by atoms with Gasteiger partial charge in [-0.1, -0.05) is 68.3 Å². The van der Waals surface area contributed by atoms with Gasteiger partial charge in [0.2, 0.25) is 5.91 Å². The summed E-state index contributed by atoms with van der Waals surface area (Å²) >= 11 is 6.46. The molecule has 1 fully saturated rings. The van der Waals surface area contributed by atoms with Crippen LogP contribution in [0.1, 0.15) is 76.3 Å². The van der Waals surface area contributed by atoms with Crippen LogP contribution in [0.25, 0.3) is 0 Å². The molecule has 7 nitrogen and oxygen atoms in total. The maximum absolute atomic E-state index is 14.3. The number of anilines is 1. The lowest BCUT2D eigenvalue weighted by Gasteiger charge is -2.36. The molecule has 3 rings (SSSR count). The number of carbonyl (C=O) groups is 3. The number of carbonyl (C=O) groups excluding carboxylic acids is 3. The topological polar surface area (TPSA) is 87.7 Å². The quantitative estimate of drug-likeness (QED) is 0.378. The van der Waals surface area contributed by atoms with Crippen molar-refractivity contribution in [1.29, 1.82) is 0 Å². The van der Waals surface area contributed by atoms with E-state index in [1.807, 2.05) is 65.0 Å². The first-order chi connectivity index (χ1) is 18.1. The maximum atomic E-state index is 14.3. The number of benzene rings is 2. The molecule has 2 aromatic rings. The van der Waals surface area contributed by atoms with Crippen LogP contribution in [-0.2, 0) is 14.3 Å². The molecule has 0 saturated heterocycles. The predicted molar refractivity (Wildman–Crippen MR) is 156 cm³/mol. The Morgan fingerprint density at radius 1 is 1.05 bits per heavy atom. The van der Waals surface area contributed by atoms with Gasteiger partial charge in [-0.15, -0.1) is 0 Å². The molecule has 1 aliphatic carbocycles. The van der Waals surface area contributed by atoms with Crippen LogP contribution in [0.2, 0.25) is 5.02 Å². The molecule has 0 radical (unpaired) electrons. The highest BCUT2D eigenvalue weighted by molar-refractivity contribution is 6.34. The third-order valence-corrected chi connectivity index (χ3v) is 7.32. The minimum absolute atomic E-state index is 0.150. The first-order valence-corrected chi connectivity index (χ1v) is 13.9. The minimum Gasteiger partial charge on any atom is -0.444 e. The molecular formula is C31H42ClN3O4. The zero-order valence-electron chi connectivity index (χ0n) is 24.5. The average molecular weight is 556 g/mol. The summed E-state index contributed by atoms with van der Waals surface area (Å²) in [7, 11) is 0. The molecule has 0 bridgehead atoms. The van der Waals surface area contributed by atoms with Gasteiger partial charge in [0.15, 0.2) is 0 Å². The molecule has 212 valence electrons. The van der Waals surface area contributed by atoms with E-state index in [1.165, 1.54) is 0 Å². The number of halogens is 1. The van der Waals surface area contributed by atoms with Crippen molar-refractivity contribution in [2.75, 3.05) is 5.32 Å². The lowest BCUT2D eigenvalue weighted by Crippen LogP contribution is -2.55. The van der Waals surface area contributed by atoms with Gasteiger partial charge in [0.25, 0.3) is 5.91 Å². The normalized spacial score (nSPS) is 18.2. The van der Waals surface area contributed by atoms with E-state index in [9.17, 15) is 14.4 Å². The number of amides is 3. The fourth-order valence-corrected chi connectivity index (χ4v) is 5.08. The van der Waals surface area contributed by atoms with Gasteiger partial charge in [-0.3, -0.25) is 9.59 Å².